The Morgan fingerprint density at radius 3 is 2.52 bits per heavy atom. The molecule has 4 nitrogen and oxygen atoms in total. The molecule has 1 N–H and O–H groups in total. The maximum Gasteiger partial charge on any atom is 0.203 e. The van der Waals surface area contributed by atoms with Gasteiger partial charge in [-0.2, -0.15) is 5.10 Å². The van der Waals surface area contributed by atoms with Gasteiger partial charge in [-0.1, -0.05) is 72.3 Å². The molecule has 29 heavy (non-hydrogen) atoms. The lowest BCUT2D eigenvalue weighted by molar-refractivity contribution is 0.306. The van der Waals surface area contributed by atoms with Crippen LogP contribution in [-0.4, -0.2) is 11.2 Å². The molecule has 0 amide bonds. The molecule has 0 aliphatic carbocycles. The summed E-state index contributed by atoms with van der Waals surface area (Å²) in [5.41, 5.74) is 6.94. The van der Waals surface area contributed by atoms with Crippen molar-refractivity contribution >= 4 is 34.3 Å². The van der Waals surface area contributed by atoms with Crippen LogP contribution in [0.3, 0.4) is 0 Å². The Morgan fingerprint density at radius 2 is 1.76 bits per heavy atom. The van der Waals surface area contributed by atoms with Crippen molar-refractivity contribution in [3.63, 3.8) is 0 Å². The molecule has 0 atom stereocenters. The third kappa shape index (κ3) is 5.22. The molecule has 0 saturated carbocycles. The van der Waals surface area contributed by atoms with Crippen molar-refractivity contribution in [2.75, 3.05) is 5.43 Å². The van der Waals surface area contributed by atoms with Gasteiger partial charge in [0.15, 0.2) is 0 Å². The molecule has 0 saturated heterocycles. The molecule has 0 spiro atoms. The zero-order valence-electron chi connectivity index (χ0n) is 15.5. The number of nitrogens with zero attached hydrogens (tertiary/aromatic N) is 2. The van der Waals surface area contributed by atoms with E-state index in [1.165, 1.54) is 11.3 Å². The van der Waals surface area contributed by atoms with E-state index < -0.39 is 0 Å². The van der Waals surface area contributed by atoms with Gasteiger partial charge in [0.05, 0.1) is 16.9 Å². The first kappa shape index (κ1) is 19.2. The summed E-state index contributed by atoms with van der Waals surface area (Å²) in [6.45, 7) is 0.476. The van der Waals surface area contributed by atoms with Gasteiger partial charge in [-0.05, 0) is 29.3 Å². The molecule has 1 aromatic heterocycles. The molecule has 0 aliphatic rings. The summed E-state index contributed by atoms with van der Waals surface area (Å²) < 4.78 is 5.80. The van der Waals surface area contributed by atoms with Crippen LogP contribution in [-0.2, 0) is 6.61 Å². The molecule has 4 aromatic rings. The van der Waals surface area contributed by atoms with E-state index >= 15 is 0 Å². The highest BCUT2D eigenvalue weighted by Crippen LogP contribution is 2.26. The number of aromatic nitrogens is 1. The number of ether oxygens (including phenoxy) is 1. The van der Waals surface area contributed by atoms with Crippen molar-refractivity contribution in [1.82, 2.24) is 4.98 Å². The van der Waals surface area contributed by atoms with E-state index in [0.717, 1.165) is 27.5 Å². The van der Waals surface area contributed by atoms with Gasteiger partial charge in [0.2, 0.25) is 5.13 Å². The fourth-order valence-electron chi connectivity index (χ4n) is 2.68. The van der Waals surface area contributed by atoms with Crippen LogP contribution in [0.25, 0.3) is 11.3 Å². The summed E-state index contributed by atoms with van der Waals surface area (Å²) >= 11 is 7.85. The van der Waals surface area contributed by atoms with Gasteiger partial charge in [-0.15, -0.1) is 11.3 Å². The van der Waals surface area contributed by atoms with Gasteiger partial charge in [0.25, 0.3) is 0 Å². The second kappa shape index (κ2) is 9.37. The van der Waals surface area contributed by atoms with Crippen LogP contribution in [0.4, 0.5) is 5.13 Å². The summed E-state index contributed by atoms with van der Waals surface area (Å²) in [5.74, 6) is 0.646. The molecule has 0 aliphatic heterocycles. The molecule has 0 bridgehead atoms. The van der Waals surface area contributed by atoms with E-state index in [2.05, 4.69) is 15.5 Å². The first-order valence-electron chi connectivity index (χ1n) is 9.04. The second-order valence-electron chi connectivity index (χ2n) is 6.24. The summed E-state index contributed by atoms with van der Waals surface area (Å²) in [6.07, 6.45) is 1.70. The highest BCUT2D eigenvalue weighted by Gasteiger charge is 2.04. The average molecular weight is 420 g/mol. The van der Waals surface area contributed by atoms with Crippen molar-refractivity contribution in [3.8, 4) is 17.0 Å². The fourth-order valence-corrected chi connectivity index (χ4v) is 3.59. The van der Waals surface area contributed by atoms with Crippen molar-refractivity contribution in [1.29, 1.82) is 0 Å². The van der Waals surface area contributed by atoms with Gasteiger partial charge in [0, 0.05) is 10.9 Å². The SMILES string of the molecule is Clc1cc(/C=N\Nc2nc(-c3ccccc3)cs2)ccc1OCc1ccccc1. The van der Waals surface area contributed by atoms with Crippen LogP contribution in [0.2, 0.25) is 5.02 Å². The number of benzene rings is 3. The summed E-state index contributed by atoms with van der Waals surface area (Å²) in [7, 11) is 0. The Morgan fingerprint density at radius 1 is 1.00 bits per heavy atom. The maximum atomic E-state index is 6.35. The van der Waals surface area contributed by atoms with Crippen molar-refractivity contribution in [2.24, 2.45) is 5.10 Å². The quantitative estimate of drug-likeness (QED) is 0.275. The molecular weight excluding hydrogens is 402 g/mol. The molecule has 3 aromatic carbocycles. The van der Waals surface area contributed by atoms with Crippen molar-refractivity contribution in [3.05, 3.63) is 100 Å². The predicted octanol–water partition coefficient (Wildman–Crippen LogP) is 6.49. The van der Waals surface area contributed by atoms with E-state index in [9.17, 15) is 0 Å². The highest BCUT2D eigenvalue weighted by atomic mass is 35.5. The number of halogens is 1. The van der Waals surface area contributed by atoms with Crippen LogP contribution in [0.15, 0.2) is 89.3 Å². The summed E-state index contributed by atoms with van der Waals surface area (Å²) in [4.78, 5) is 4.54. The number of hydrogen-bond donors (Lipinski definition) is 1. The highest BCUT2D eigenvalue weighted by molar-refractivity contribution is 7.14. The predicted molar refractivity (Wildman–Crippen MR) is 121 cm³/mol. The van der Waals surface area contributed by atoms with E-state index in [-0.39, 0.29) is 0 Å². The Labute approximate surface area is 178 Å². The van der Waals surface area contributed by atoms with Crippen LogP contribution in [0.5, 0.6) is 5.75 Å². The summed E-state index contributed by atoms with van der Waals surface area (Å²) in [6, 6.07) is 25.6. The molecule has 144 valence electrons. The van der Waals surface area contributed by atoms with E-state index in [1.807, 2.05) is 84.2 Å². The van der Waals surface area contributed by atoms with Crippen LogP contribution < -0.4 is 10.2 Å². The Hall–Kier alpha value is -3.15. The molecule has 6 heteroatoms. The molecule has 4 rings (SSSR count). The largest absolute Gasteiger partial charge is 0.487 e. The smallest absolute Gasteiger partial charge is 0.203 e. The number of hydrogen-bond acceptors (Lipinski definition) is 5. The van der Waals surface area contributed by atoms with Gasteiger partial charge in [-0.3, -0.25) is 5.43 Å². The van der Waals surface area contributed by atoms with Crippen molar-refractivity contribution < 1.29 is 4.74 Å². The Balaban J connectivity index is 1.35. The van der Waals surface area contributed by atoms with Gasteiger partial charge >= 0.3 is 0 Å². The number of hydrazone groups is 1. The minimum Gasteiger partial charge on any atom is -0.487 e. The normalized spacial score (nSPS) is 10.9. The summed E-state index contributed by atoms with van der Waals surface area (Å²) in [5, 5.41) is 7.54. The maximum absolute atomic E-state index is 6.35. The first-order valence-corrected chi connectivity index (χ1v) is 10.3. The minimum absolute atomic E-state index is 0.476. The minimum atomic E-state index is 0.476. The van der Waals surface area contributed by atoms with Crippen molar-refractivity contribution in [2.45, 2.75) is 6.61 Å². The van der Waals surface area contributed by atoms with Gasteiger partial charge in [-0.25, -0.2) is 4.98 Å². The Bertz CT molecular complexity index is 1100. The molecule has 0 unspecified atom stereocenters. The lowest BCUT2D eigenvalue weighted by Crippen LogP contribution is -1.96. The standard InChI is InChI=1S/C23H18ClN3OS/c24-20-13-18(11-12-22(20)28-15-17-7-3-1-4-8-17)14-25-27-23-26-21(16-29-23)19-9-5-2-6-10-19/h1-14,16H,15H2,(H,26,27)/b25-14-. The average Bonchev–Trinajstić information content (AvgIpc) is 3.23. The molecular formula is C23H18ClN3OS. The number of thiazole rings is 1. The lowest BCUT2D eigenvalue weighted by atomic mass is 10.2. The Kier molecular flexibility index (Phi) is 6.19. The zero-order valence-corrected chi connectivity index (χ0v) is 17.0. The van der Waals surface area contributed by atoms with E-state index in [1.54, 1.807) is 6.21 Å². The molecule has 0 radical (unpaired) electrons. The number of rotatable bonds is 7. The van der Waals surface area contributed by atoms with Crippen LogP contribution in [0, 0.1) is 0 Å². The fraction of sp³-hybridized carbons (Fsp3) is 0.0435. The van der Waals surface area contributed by atoms with Crippen LogP contribution in [0.1, 0.15) is 11.1 Å². The third-order valence-corrected chi connectivity index (χ3v) is 5.18. The third-order valence-electron chi connectivity index (χ3n) is 4.14. The van der Waals surface area contributed by atoms with Gasteiger partial charge < -0.3 is 4.74 Å². The zero-order chi connectivity index (χ0) is 19.9. The topological polar surface area (TPSA) is 46.5 Å². The van der Waals surface area contributed by atoms with E-state index in [0.29, 0.717) is 17.4 Å². The van der Waals surface area contributed by atoms with Crippen LogP contribution >= 0.6 is 22.9 Å². The van der Waals surface area contributed by atoms with Gasteiger partial charge in [0.1, 0.15) is 12.4 Å². The monoisotopic (exact) mass is 419 g/mol. The first-order chi connectivity index (χ1) is 14.3. The second-order valence-corrected chi connectivity index (χ2v) is 7.50. The van der Waals surface area contributed by atoms with E-state index in [4.69, 9.17) is 16.3 Å². The number of nitrogens with one attached hydrogen (secondary N) is 1. The molecule has 0 fully saturated rings. The number of anilines is 1. The lowest BCUT2D eigenvalue weighted by Gasteiger charge is -2.08. The molecule has 1 heterocycles.